The Hall–Kier alpha value is -2.55. The Morgan fingerprint density at radius 2 is 1.70 bits per heavy atom. The normalized spacial score (nSPS) is 15.2. The molecule has 0 aliphatic heterocycles. The van der Waals surface area contributed by atoms with E-state index in [0.29, 0.717) is 0 Å². The predicted octanol–water partition coefficient (Wildman–Crippen LogP) is 4.32. The summed E-state index contributed by atoms with van der Waals surface area (Å²) in [6.07, 6.45) is -1.11. The quantitative estimate of drug-likeness (QED) is 0.702. The van der Waals surface area contributed by atoms with Gasteiger partial charge in [0.05, 0.1) is 22.7 Å². The number of hydrogen-bond acceptors (Lipinski definition) is 4. The molecule has 2 aromatic carbocycles. The first-order valence-corrected chi connectivity index (χ1v) is 11.1. The summed E-state index contributed by atoms with van der Waals surface area (Å²) in [6.45, 7) is 1.42. The molecule has 0 atom stereocenters. The summed E-state index contributed by atoms with van der Waals surface area (Å²) < 4.78 is 67.1. The molecule has 1 saturated carbocycles. The first-order valence-electron chi connectivity index (χ1n) is 9.64. The SMILES string of the molecule is Cc1ccc(S(=O)(=O)c2c(NCC(=O)NC3CCCC3)cccc2C(F)(F)F)cc1. The van der Waals surface area contributed by atoms with Crippen molar-refractivity contribution < 1.29 is 26.4 Å². The van der Waals surface area contributed by atoms with Crippen LogP contribution < -0.4 is 10.6 Å². The zero-order chi connectivity index (χ0) is 21.9. The third-order valence-electron chi connectivity index (χ3n) is 5.08. The molecule has 30 heavy (non-hydrogen) atoms. The zero-order valence-corrected chi connectivity index (χ0v) is 17.2. The Morgan fingerprint density at radius 1 is 1.07 bits per heavy atom. The van der Waals surface area contributed by atoms with Gasteiger partial charge in [-0.3, -0.25) is 4.79 Å². The fourth-order valence-corrected chi connectivity index (χ4v) is 5.18. The van der Waals surface area contributed by atoms with E-state index in [2.05, 4.69) is 10.6 Å². The number of aryl methyl sites for hydroxylation is 1. The second-order valence-corrected chi connectivity index (χ2v) is 9.29. The maximum Gasteiger partial charge on any atom is 0.417 e. The molecule has 1 fully saturated rings. The number of carbonyl (C=O) groups is 1. The number of sulfone groups is 1. The van der Waals surface area contributed by atoms with Crippen LogP contribution in [0.2, 0.25) is 0 Å². The third-order valence-corrected chi connectivity index (χ3v) is 6.95. The summed E-state index contributed by atoms with van der Waals surface area (Å²) >= 11 is 0. The van der Waals surface area contributed by atoms with Crippen molar-refractivity contribution in [1.82, 2.24) is 5.32 Å². The molecule has 2 aromatic rings. The van der Waals surface area contributed by atoms with Crippen LogP contribution in [0.4, 0.5) is 18.9 Å². The van der Waals surface area contributed by atoms with Gasteiger partial charge in [0.15, 0.2) is 0 Å². The summed E-state index contributed by atoms with van der Waals surface area (Å²) in [6, 6.07) is 8.72. The monoisotopic (exact) mass is 440 g/mol. The number of benzene rings is 2. The van der Waals surface area contributed by atoms with Crippen LogP contribution in [0.15, 0.2) is 52.3 Å². The lowest BCUT2D eigenvalue weighted by Crippen LogP contribution is -2.36. The highest BCUT2D eigenvalue weighted by Crippen LogP contribution is 2.40. The van der Waals surface area contributed by atoms with Gasteiger partial charge in [-0.05, 0) is 44.0 Å². The van der Waals surface area contributed by atoms with Gasteiger partial charge < -0.3 is 10.6 Å². The van der Waals surface area contributed by atoms with Crippen molar-refractivity contribution in [2.75, 3.05) is 11.9 Å². The molecule has 0 unspecified atom stereocenters. The lowest BCUT2D eigenvalue weighted by Gasteiger charge is -2.19. The van der Waals surface area contributed by atoms with E-state index in [1.165, 1.54) is 30.3 Å². The number of rotatable bonds is 6. The molecule has 3 rings (SSSR count). The molecule has 0 saturated heterocycles. The lowest BCUT2D eigenvalue weighted by molar-refractivity contribution is -0.139. The van der Waals surface area contributed by atoms with Crippen molar-refractivity contribution in [3.05, 3.63) is 53.6 Å². The van der Waals surface area contributed by atoms with Gasteiger partial charge in [0.1, 0.15) is 4.90 Å². The smallest absolute Gasteiger partial charge is 0.375 e. The summed E-state index contributed by atoms with van der Waals surface area (Å²) in [5.41, 5.74) is -0.753. The Morgan fingerprint density at radius 3 is 2.30 bits per heavy atom. The van der Waals surface area contributed by atoms with E-state index in [1.807, 2.05) is 0 Å². The minimum absolute atomic E-state index is 0.0524. The van der Waals surface area contributed by atoms with E-state index in [9.17, 15) is 26.4 Å². The van der Waals surface area contributed by atoms with E-state index in [1.54, 1.807) is 6.92 Å². The number of amides is 1. The number of carbonyl (C=O) groups excluding carboxylic acids is 1. The van der Waals surface area contributed by atoms with E-state index in [-0.39, 0.29) is 23.2 Å². The summed E-state index contributed by atoms with van der Waals surface area (Å²) in [4.78, 5) is 11.1. The average molecular weight is 440 g/mol. The van der Waals surface area contributed by atoms with Gasteiger partial charge >= 0.3 is 6.18 Å². The molecular weight excluding hydrogens is 417 g/mol. The van der Waals surface area contributed by atoms with Gasteiger partial charge in [-0.25, -0.2) is 8.42 Å². The van der Waals surface area contributed by atoms with Crippen molar-refractivity contribution in [2.45, 2.75) is 54.6 Å². The van der Waals surface area contributed by atoms with Gasteiger partial charge in [0, 0.05) is 6.04 Å². The molecule has 9 heteroatoms. The lowest BCUT2D eigenvalue weighted by atomic mass is 10.2. The molecule has 0 bridgehead atoms. The Kier molecular flexibility index (Phi) is 6.40. The van der Waals surface area contributed by atoms with Crippen molar-refractivity contribution in [3.8, 4) is 0 Å². The van der Waals surface area contributed by atoms with Gasteiger partial charge in [0.25, 0.3) is 0 Å². The fourth-order valence-electron chi connectivity index (χ4n) is 3.55. The maximum absolute atomic E-state index is 13.6. The van der Waals surface area contributed by atoms with Crippen molar-refractivity contribution in [1.29, 1.82) is 0 Å². The molecule has 162 valence electrons. The van der Waals surface area contributed by atoms with Crippen LogP contribution in [0.25, 0.3) is 0 Å². The number of anilines is 1. The van der Waals surface area contributed by atoms with Crippen LogP contribution in [0.1, 0.15) is 36.8 Å². The fraction of sp³-hybridized carbons (Fsp3) is 0.381. The van der Waals surface area contributed by atoms with Gasteiger partial charge in [-0.2, -0.15) is 13.2 Å². The highest BCUT2D eigenvalue weighted by Gasteiger charge is 2.39. The molecule has 2 N–H and O–H groups in total. The average Bonchev–Trinajstić information content (AvgIpc) is 3.18. The standard InChI is InChI=1S/C21H23F3N2O3S/c1-14-9-11-16(12-10-14)30(28,29)20-17(21(22,23)24)7-4-8-18(20)25-13-19(27)26-15-5-2-3-6-15/h4,7-12,15,25H,2-3,5-6,13H2,1H3,(H,26,27). The number of alkyl halides is 3. The third kappa shape index (κ3) is 4.95. The largest absolute Gasteiger partial charge is 0.417 e. The van der Waals surface area contributed by atoms with Crippen LogP contribution in [0.3, 0.4) is 0 Å². The maximum atomic E-state index is 13.6. The molecule has 1 amide bonds. The highest BCUT2D eigenvalue weighted by molar-refractivity contribution is 7.91. The minimum atomic E-state index is -4.88. The topological polar surface area (TPSA) is 75.3 Å². The van der Waals surface area contributed by atoms with E-state index in [4.69, 9.17) is 0 Å². The molecule has 0 radical (unpaired) electrons. The minimum Gasteiger partial charge on any atom is -0.375 e. The molecule has 0 heterocycles. The summed E-state index contributed by atoms with van der Waals surface area (Å²) in [5.74, 6) is -0.391. The second-order valence-electron chi connectivity index (χ2n) is 7.40. The first kappa shape index (κ1) is 22.1. The molecule has 1 aliphatic carbocycles. The van der Waals surface area contributed by atoms with E-state index in [0.717, 1.165) is 43.4 Å². The number of halogens is 3. The number of nitrogens with one attached hydrogen (secondary N) is 2. The van der Waals surface area contributed by atoms with Crippen LogP contribution in [-0.2, 0) is 20.8 Å². The zero-order valence-electron chi connectivity index (χ0n) is 16.4. The van der Waals surface area contributed by atoms with Gasteiger partial charge in [0.2, 0.25) is 15.7 Å². The molecule has 0 aromatic heterocycles. The van der Waals surface area contributed by atoms with Crippen LogP contribution in [-0.4, -0.2) is 26.9 Å². The molecular formula is C21H23F3N2O3S. The van der Waals surface area contributed by atoms with Crippen LogP contribution in [0, 0.1) is 6.92 Å². The Bertz CT molecular complexity index is 1010. The van der Waals surface area contributed by atoms with Crippen molar-refractivity contribution >= 4 is 21.4 Å². The second kappa shape index (κ2) is 8.67. The molecule has 1 aliphatic rings. The van der Waals surface area contributed by atoms with E-state index >= 15 is 0 Å². The van der Waals surface area contributed by atoms with Crippen LogP contribution in [0.5, 0.6) is 0 Å². The van der Waals surface area contributed by atoms with Gasteiger partial charge in [-0.1, -0.05) is 36.6 Å². The predicted molar refractivity (Wildman–Crippen MR) is 107 cm³/mol. The highest BCUT2D eigenvalue weighted by atomic mass is 32.2. The number of hydrogen-bond donors (Lipinski definition) is 2. The van der Waals surface area contributed by atoms with Crippen LogP contribution >= 0.6 is 0 Å². The molecule has 0 spiro atoms. The van der Waals surface area contributed by atoms with Crippen molar-refractivity contribution in [3.63, 3.8) is 0 Å². The Balaban J connectivity index is 1.95. The van der Waals surface area contributed by atoms with Crippen molar-refractivity contribution in [2.24, 2.45) is 0 Å². The first-order chi connectivity index (χ1) is 14.1. The van der Waals surface area contributed by atoms with Gasteiger partial charge in [-0.15, -0.1) is 0 Å². The summed E-state index contributed by atoms with van der Waals surface area (Å²) in [5, 5.41) is 5.41. The molecule has 5 nitrogen and oxygen atoms in total. The Labute approximate surface area is 173 Å². The van der Waals surface area contributed by atoms with E-state index < -0.39 is 32.4 Å². The summed E-state index contributed by atoms with van der Waals surface area (Å²) in [7, 11) is -4.48.